The van der Waals surface area contributed by atoms with Gasteiger partial charge in [-0.2, -0.15) is 5.26 Å². The first kappa shape index (κ1) is 11.9. The zero-order valence-electron chi connectivity index (χ0n) is 9.82. The van der Waals surface area contributed by atoms with Gasteiger partial charge in [0.15, 0.2) is 0 Å². The van der Waals surface area contributed by atoms with Crippen LogP contribution in [0.1, 0.15) is 32.1 Å². The molecule has 1 aromatic rings. The Morgan fingerprint density at radius 2 is 2.06 bits per heavy atom. The van der Waals surface area contributed by atoms with Crippen molar-refractivity contribution < 1.29 is 4.39 Å². The minimum atomic E-state index is -0.268. The minimum absolute atomic E-state index is 0.197. The molecule has 1 aliphatic carbocycles. The molecule has 0 bridgehead atoms. The van der Waals surface area contributed by atoms with Crippen LogP contribution in [-0.4, -0.2) is 6.04 Å². The Hall–Kier alpha value is -1.56. The third kappa shape index (κ3) is 3.20. The topological polar surface area (TPSA) is 35.8 Å². The van der Waals surface area contributed by atoms with Crippen LogP contribution in [0.15, 0.2) is 24.3 Å². The van der Waals surface area contributed by atoms with Gasteiger partial charge in [0.05, 0.1) is 6.07 Å². The lowest BCUT2D eigenvalue weighted by atomic mass is 9.84. The van der Waals surface area contributed by atoms with Gasteiger partial charge in [0, 0.05) is 5.69 Å². The zero-order valence-corrected chi connectivity index (χ0v) is 9.82. The average molecular weight is 232 g/mol. The van der Waals surface area contributed by atoms with Crippen molar-refractivity contribution in [3.8, 4) is 6.07 Å². The van der Waals surface area contributed by atoms with Crippen LogP contribution in [0.25, 0.3) is 0 Å². The Bertz CT molecular complexity index is 405. The smallest absolute Gasteiger partial charge is 0.125 e. The van der Waals surface area contributed by atoms with E-state index < -0.39 is 0 Å². The van der Waals surface area contributed by atoms with Crippen molar-refractivity contribution in [3.05, 3.63) is 30.1 Å². The molecule has 2 nitrogen and oxygen atoms in total. The van der Waals surface area contributed by atoms with E-state index in [9.17, 15) is 9.65 Å². The second-order valence-electron chi connectivity index (χ2n) is 4.66. The molecule has 1 unspecified atom stereocenters. The predicted molar refractivity (Wildman–Crippen MR) is 66.0 cm³/mol. The van der Waals surface area contributed by atoms with Gasteiger partial charge in [0.2, 0.25) is 0 Å². The van der Waals surface area contributed by atoms with E-state index in [1.807, 2.05) is 0 Å². The second kappa shape index (κ2) is 5.67. The highest BCUT2D eigenvalue weighted by Crippen LogP contribution is 2.28. The lowest BCUT2D eigenvalue weighted by Gasteiger charge is -2.27. The van der Waals surface area contributed by atoms with E-state index in [0.29, 0.717) is 11.6 Å². The molecule has 1 fully saturated rings. The lowest BCUT2D eigenvalue weighted by molar-refractivity contribution is 0.346. The van der Waals surface area contributed by atoms with E-state index >= 15 is 0 Å². The number of nitrogens with one attached hydrogen (secondary N) is 1. The highest BCUT2D eigenvalue weighted by molar-refractivity contribution is 5.45. The summed E-state index contributed by atoms with van der Waals surface area (Å²) in [6.07, 6.45) is 5.87. The van der Waals surface area contributed by atoms with E-state index in [1.54, 1.807) is 12.1 Å². The van der Waals surface area contributed by atoms with Crippen molar-refractivity contribution in [1.29, 1.82) is 5.26 Å². The summed E-state index contributed by atoms with van der Waals surface area (Å²) in [5, 5.41) is 12.3. The summed E-state index contributed by atoms with van der Waals surface area (Å²) in [6.45, 7) is 0. The quantitative estimate of drug-likeness (QED) is 0.862. The Balaban J connectivity index is 2.02. The molecule has 1 atom stereocenters. The summed E-state index contributed by atoms with van der Waals surface area (Å²) in [6, 6.07) is 8.42. The standard InChI is InChI=1S/C14H17FN2/c15-12-7-4-8-13(9-12)17-14(10-16)11-5-2-1-3-6-11/h4,7-9,11,14,17H,1-3,5-6H2. The number of anilines is 1. The molecule has 0 heterocycles. The first-order valence-corrected chi connectivity index (χ1v) is 6.21. The van der Waals surface area contributed by atoms with Crippen LogP contribution < -0.4 is 5.32 Å². The van der Waals surface area contributed by atoms with Crippen molar-refractivity contribution in [2.75, 3.05) is 5.32 Å². The van der Waals surface area contributed by atoms with Crippen molar-refractivity contribution in [2.45, 2.75) is 38.1 Å². The second-order valence-corrected chi connectivity index (χ2v) is 4.66. The molecule has 0 radical (unpaired) electrons. The molecular weight excluding hydrogens is 215 g/mol. The largest absolute Gasteiger partial charge is 0.370 e. The molecule has 0 saturated heterocycles. The summed E-state index contributed by atoms with van der Waals surface area (Å²) in [5.41, 5.74) is 0.696. The van der Waals surface area contributed by atoms with Crippen molar-refractivity contribution in [2.24, 2.45) is 5.92 Å². The van der Waals surface area contributed by atoms with Crippen LogP contribution in [0.5, 0.6) is 0 Å². The van der Waals surface area contributed by atoms with Gasteiger partial charge in [-0.3, -0.25) is 0 Å². The number of benzene rings is 1. The van der Waals surface area contributed by atoms with E-state index in [2.05, 4.69) is 11.4 Å². The molecule has 90 valence electrons. The number of hydrogen-bond acceptors (Lipinski definition) is 2. The molecule has 1 aromatic carbocycles. The van der Waals surface area contributed by atoms with Crippen molar-refractivity contribution in [1.82, 2.24) is 0 Å². The van der Waals surface area contributed by atoms with Gasteiger partial charge in [0.1, 0.15) is 11.9 Å². The molecule has 0 amide bonds. The van der Waals surface area contributed by atoms with Crippen LogP contribution in [0.2, 0.25) is 0 Å². The van der Waals surface area contributed by atoms with Gasteiger partial charge in [-0.15, -0.1) is 0 Å². The summed E-state index contributed by atoms with van der Waals surface area (Å²) in [7, 11) is 0. The third-order valence-electron chi connectivity index (χ3n) is 3.41. The van der Waals surface area contributed by atoms with Crippen molar-refractivity contribution in [3.63, 3.8) is 0 Å². The molecule has 17 heavy (non-hydrogen) atoms. The monoisotopic (exact) mass is 232 g/mol. The van der Waals surface area contributed by atoms with Gasteiger partial charge in [-0.25, -0.2) is 4.39 Å². The number of rotatable bonds is 3. The molecule has 2 rings (SSSR count). The van der Waals surface area contributed by atoms with Crippen LogP contribution in [0.3, 0.4) is 0 Å². The molecule has 0 aromatic heterocycles. The normalized spacial score (nSPS) is 18.4. The van der Waals surface area contributed by atoms with Gasteiger partial charge in [-0.1, -0.05) is 25.3 Å². The Labute approximate surface area is 101 Å². The van der Waals surface area contributed by atoms with Crippen LogP contribution >= 0.6 is 0 Å². The molecular formula is C14H17FN2. The summed E-state index contributed by atoms with van der Waals surface area (Å²) in [5.74, 6) is 0.132. The molecule has 0 spiro atoms. The van der Waals surface area contributed by atoms with E-state index in [4.69, 9.17) is 0 Å². The summed E-state index contributed by atoms with van der Waals surface area (Å²) >= 11 is 0. The fourth-order valence-corrected chi connectivity index (χ4v) is 2.48. The SMILES string of the molecule is N#CC(Nc1cccc(F)c1)C1CCCCC1. The number of nitriles is 1. The Morgan fingerprint density at radius 3 is 2.71 bits per heavy atom. The molecule has 1 saturated carbocycles. The van der Waals surface area contributed by atoms with Gasteiger partial charge < -0.3 is 5.32 Å². The third-order valence-corrected chi connectivity index (χ3v) is 3.41. The van der Waals surface area contributed by atoms with Gasteiger partial charge in [-0.05, 0) is 37.0 Å². The van der Waals surface area contributed by atoms with Crippen LogP contribution in [0.4, 0.5) is 10.1 Å². The molecule has 1 aliphatic rings. The zero-order chi connectivity index (χ0) is 12.1. The Kier molecular flexibility index (Phi) is 3.98. The highest BCUT2D eigenvalue weighted by atomic mass is 19.1. The maximum atomic E-state index is 13.0. The fraction of sp³-hybridized carbons (Fsp3) is 0.500. The van der Waals surface area contributed by atoms with Crippen molar-refractivity contribution >= 4 is 5.69 Å². The molecule has 1 N–H and O–H groups in total. The predicted octanol–water partition coefficient (Wildman–Crippen LogP) is 3.71. The van der Waals surface area contributed by atoms with Gasteiger partial charge >= 0.3 is 0 Å². The average Bonchev–Trinajstić information content (AvgIpc) is 2.37. The summed E-state index contributed by atoms with van der Waals surface area (Å²) in [4.78, 5) is 0. The highest BCUT2D eigenvalue weighted by Gasteiger charge is 2.23. The van der Waals surface area contributed by atoms with Crippen LogP contribution in [-0.2, 0) is 0 Å². The number of nitrogens with zero attached hydrogens (tertiary/aromatic N) is 1. The summed E-state index contributed by atoms with van der Waals surface area (Å²) < 4.78 is 13.0. The lowest BCUT2D eigenvalue weighted by Crippen LogP contribution is -2.29. The fourth-order valence-electron chi connectivity index (χ4n) is 2.48. The maximum Gasteiger partial charge on any atom is 0.125 e. The minimum Gasteiger partial charge on any atom is -0.370 e. The number of hydrogen-bond donors (Lipinski definition) is 1. The maximum absolute atomic E-state index is 13.0. The van der Waals surface area contributed by atoms with E-state index in [1.165, 1.54) is 31.4 Å². The molecule has 3 heteroatoms. The molecule has 0 aliphatic heterocycles. The Morgan fingerprint density at radius 1 is 1.29 bits per heavy atom. The van der Waals surface area contributed by atoms with Gasteiger partial charge in [0.25, 0.3) is 0 Å². The van der Waals surface area contributed by atoms with Crippen LogP contribution in [0, 0.1) is 23.1 Å². The first-order valence-electron chi connectivity index (χ1n) is 6.21. The first-order chi connectivity index (χ1) is 8.29. The van der Waals surface area contributed by atoms with E-state index in [0.717, 1.165) is 12.8 Å². The number of halogens is 1. The van der Waals surface area contributed by atoms with E-state index in [-0.39, 0.29) is 11.9 Å².